The zero-order chi connectivity index (χ0) is 22.0. The number of carbonyl (C=O) groups excluding carboxylic acids is 1. The van der Waals surface area contributed by atoms with Crippen molar-refractivity contribution in [2.24, 2.45) is 0 Å². The number of benzene rings is 2. The summed E-state index contributed by atoms with van der Waals surface area (Å²) in [5.74, 6) is 5.83. The van der Waals surface area contributed by atoms with Gasteiger partial charge in [-0.3, -0.25) is 9.78 Å². The van der Waals surface area contributed by atoms with Gasteiger partial charge >= 0.3 is 6.18 Å². The summed E-state index contributed by atoms with van der Waals surface area (Å²) in [6.07, 6.45) is -2.03. The smallest absolute Gasteiger partial charge is 0.345 e. The number of H-pyrrole nitrogens is 1. The Labute approximate surface area is 176 Å². The Morgan fingerprint density at radius 2 is 1.87 bits per heavy atom. The highest BCUT2D eigenvalue weighted by Gasteiger charge is 2.30. The number of aromatic nitrogens is 3. The maximum absolute atomic E-state index is 12.9. The third-order valence-electron chi connectivity index (χ3n) is 4.81. The number of carbonyl (C=O) groups is 1. The summed E-state index contributed by atoms with van der Waals surface area (Å²) in [5.41, 5.74) is 3.70. The number of Topliss-reactive ketones (excluding diaryl/α,β-unsaturated/α-hetero) is 1. The van der Waals surface area contributed by atoms with Crippen molar-refractivity contribution in [1.29, 1.82) is 0 Å². The van der Waals surface area contributed by atoms with E-state index >= 15 is 0 Å². The number of halogens is 3. The predicted molar refractivity (Wildman–Crippen MR) is 111 cm³/mol. The van der Waals surface area contributed by atoms with Crippen molar-refractivity contribution in [2.45, 2.75) is 19.5 Å². The standard InChI is InChI=1S/C24H16F3N3O/c1-15-2-5-18(23(31)13-20-12-19(8-9-28-20)24(25,26)27)11-17(15)6-3-16-4-7-21-22(10-16)30-14-29-21/h2,4-5,7-12,14H,13H2,1H3,(H,29,30). The lowest BCUT2D eigenvalue weighted by Gasteiger charge is -2.08. The van der Waals surface area contributed by atoms with Crippen LogP contribution in [0.3, 0.4) is 0 Å². The van der Waals surface area contributed by atoms with Gasteiger partial charge in [0.2, 0.25) is 0 Å². The van der Waals surface area contributed by atoms with E-state index in [1.807, 2.05) is 25.1 Å². The molecule has 4 aromatic rings. The first-order valence-corrected chi connectivity index (χ1v) is 9.41. The number of hydrogen-bond acceptors (Lipinski definition) is 3. The minimum Gasteiger partial charge on any atom is -0.345 e. The number of alkyl halides is 3. The maximum atomic E-state index is 12.9. The number of nitrogens with one attached hydrogen (secondary N) is 1. The lowest BCUT2D eigenvalue weighted by Crippen LogP contribution is -2.09. The van der Waals surface area contributed by atoms with Crippen LogP contribution in [0.5, 0.6) is 0 Å². The SMILES string of the molecule is Cc1ccc(C(=O)Cc2cc(C(F)(F)F)ccn2)cc1C#Cc1ccc2nc[nH]c2c1. The molecular formula is C24H16F3N3O. The second kappa shape index (κ2) is 8.07. The molecule has 31 heavy (non-hydrogen) atoms. The van der Waals surface area contributed by atoms with Crippen molar-refractivity contribution in [1.82, 2.24) is 15.0 Å². The number of hydrogen-bond donors (Lipinski definition) is 1. The Balaban J connectivity index is 1.57. The maximum Gasteiger partial charge on any atom is 0.416 e. The van der Waals surface area contributed by atoms with Crippen LogP contribution < -0.4 is 0 Å². The number of pyridine rings is 1. The van der Waals surface area contributed by atoms with Crippen molar-refractivity contribution in [3.8, 4) is 11.8 Å². The van der Waals surface area contributed by atoms with Crippen LogP contribution in [0.1, 0.15) is 38.3 Å². The van der Waals surface area contributed by atoms with Gasteiger partial charge in [-0.1, -0.05) is 24.0 Å². The van der Waals surface area contributed by atoms with E-state index < -0.39 is 11.7 Å². The van der Waals surface area contributed by atoms with Gasteiger partial charge in [-0.25, -0.2) is 4.98 Å². The number of aromatic amines is 1. The average molecular weight is 419 g/mol. The number of rotatable bonds is 3. The Bertz CT molecular complexity index is 1340. The molecule has 2 aromatic heterocycles. The summed E-state index contributed by atoms with van der Waals surface area (Å²) >= 11 is 0. The fourth-order valence-electron chi connectivity index (χ4n) is 3.10. The Kier molecular flexibility index (Phi) is 5.30. The van der Waals surface area contributed by atoms with Crippen LogP contribution in [0.25, 0.3) is 11.0 Å². The van der Waals surface area contributed by atoms with E-state index in [1.54, 1.807) is 24.5 Å². The minimum absolute atomic E-state index is 0.0703. The molecule has 0 saturated carbocycles. The van der Waals surface area contributed by atoms with Gasteiger partial charge in [-0.15, -0.1) is 0 Å². The third-order valence-corrected chi connectivity index (χ3v) is 4.81. The predicted octanol–water partition coefficient (Wildman–Crippen LogP) is 5.11. The molecule has 0 atom stereocenters. The van der Waals surface area contributed by atoms with Gasteiger partial charge in [-0.2, -0.15) is 13.2 Å². The fourth-order valence-corrected chi connectivity index (χ4v) is 3.10. The van der Waals surface area contributed by atoms with Crippen LogP contribution >= 0.6 is 0 Å². The highest BCUT2D eigenvalue weighted by molar-refractivity contribution is 5.97. The third kappa shape index (κ3) is 4.64. The number of fused-ring (bicyclic) bond motifs is 1. The van der Waals surface area contributed by atoms with E-state index in [4.69, 9.17) is 0 Å². The summed E-state index contributed by atoms with van der Waals surface area (Å²) in [7, 11) is 0. The van der Waals surface area contributed by atoms with Crippen LogP contribution in [-0.2, 0) is 12.6 Å². The Morgan fingerprint density at radius 1 is 1.03 bits per heavy atom. The summed E-state index contributed by atoms with van der Waals surface area (Å²) in [5, 5.41) is 0. The van der Waals surface area contributed by atoms with Crippen LogP contribution in [0, 0.1) is 18.8 Å². The zero-order valence-corrected chi connectivity index (χ0v) is 16.4. The molecule has 1 N–H and O–H groups in total. The van der Waals surface area contributed by atoms with Crippen molar-refractivity contribution >= 4 is 16.8 Å². The van der Waals surface area contributed by atoms with Gasteiger partial charge < -0.3 is 4.98 Å². The Hall–Kier alpha value is -3.92. The normalized spacial score (nSPS) is 11.2. The molecule has 0 fully saturated rings. The average Bonchev–Trinajstić information content (AvgIpc) is 3.20. The van der Waals surface area contributed by atoms with E-state index in [-0.39, 0.29) is 17.9 Å². The number of ketones is 1. The van der Waals surface area contributed by atoms with Gasteiger partial charge in [0.15, 0.2) is 5.78 Å². The van der Waals surface area contributed by atoms with Crippen molar-refractivity contribution in [3.05, 3.63) is 94.6 Å². The summed E-state index contributed by atoms with van der Waals surface area (Å²) in [4.78, 5) is 23.7. The molecule has 0 unspecified atom stereocenters. The van der Waals surface area contributed by atoms with Gasteiger partial charge in [0.05, 0.1) is 29.3 Å². The van der Waals surface area contributed by atoms with Crippen molar-refractivity contribution in [3.63, 3.8) is 0 Å². The first kappa shape index (κ1) is 20.4. The van der Waals surface area contributed by atoms with Gasteiger partial charge in [0.1, 0.15) is 0 Å². The van der Waals surface area contributed by atoms with Crippen LogP contribution in [0.15, 0.2) is 61.1 Å². The molecule has 0 aliphatic carbocycles. The topological polar surface area (TPSA) is 58.6 Å². The first-order chi connectivity index (χ1) is 14.8. The molecular weight excluding hydrogens is 403 g/mol. The molecule has 2 aromatic carbocycles. The molecule has 0 bridgehead atoms. The highest BCUT2D eigenvalue weighted by atomic mass is 19.4. The van der Waals surface area contributed by atoms with Crippen molar-refractivity contribution < 1.29 is 18.0 Å². The monoisotopic (exact) mass is 419 g/mol. The molecule has 0 aliphatic heterocycles. The molecule has 4 rings (SSSR count). The molecule has 0 spiro atoms. The molecule has 0 aliphatic rings. The quantitative estimate of drug-likeness (QED) is 0.371. The summed E-state index contributed by atoms with van der Waals surface area (Å²) in [6, 6.07) is 12.5. The molecule has 2 heterocycles. The van der Waals surface area contributed by atoms with Crippen LogP contribution in [-0.4, -0.2) is 20.7 Å². The molecule has 0 amide bonds. The number of imidazole rings is 1. The molecule has 4 nitrogen and oxygen atoms in total. The minimum atomic E-state index is -4.48. The zero-order valence-electron chi connectivity index (χ0n) is 16.4. The lowest BCUT2D eigenvalue weighted by molar-refractivity contribution is -0.137. The first-order valence-electron chi connectivity index (χ1n) is 9.41. The van der Waals surface area contributed by atoms with E-state index in [0.717, 1.165) is 40.5 Å². The second-order valence-electron chi connectivity index (χ2n) is 7.05. The molecule has 7 heteroatoms. The van der Waals surface area contributed by atoms with E-state index in [2.05, 4.69) is 26.8 Å². The largest absolute Gasteiger partial charge is 0.416 e. The Morgan fingerprint density at radius 3 is 2.68 bits per heavy atom. The van der Waals surface area contributed by atoms with Crippen LogP contribution in [0.2, 0.25) is 0 Å². The number of aryl methyl sites for hydroxylation is 1. The van der Waals surface area contributed by atoms with E-state index in [1.165, 1.54) is 0 Å². The molecule has 0 radical (unpaired) electrons. The highest BCUT2D eigenvalue weighted by Crippen LogP contribution is 2.29. The van der Waals surface area contributed by atoms with Crippen molar-refractivity contribution in [2.75, 3.05) is 0 Å². The van der Waals surface area contributed by atoms with E-state index in [0.29, 0.717) is 11.1 Å². The lowest BCUT2D eigenvalue weighted by atomic mass is 9.99. The molecule has 0 saturated heterocycles. The van der Waals surface area contributed by atoms with Gasteiger partial charge in [-0.05, 0) is 48.9 Å². The van der Waals surface area contributed by atoms with Crippen LogP contribution in [0.4, 0.5) is 13.2 Å². The van der Waals surface area contributed by atoms with Gasteiger partial charge in [0, 0.05) is 28.6 Å². The number of nitrogens with zero attached hydrogens (tertiary/aromatic N) is 2. The molecule has 154 valence electrons. The van der Waals surface area contributed by atoms with E-state index in [9.17, 15) is 18.0 Å². The summed E-state index contributed by atoms with van der Waals surface area (Å²) in [6.45, 7) is 1.88. The second-order valence-corrected chi connectivity index (χ2v) is 7.05. The fraction of sp³-hybridized carbons (Fsp3) is 0.125. The summed E-state index contributed by atoms with van der Waals surface area (Å²) < 4.78 is 38.7. The van der Waals surface area contributed by atoms with Gasteiger partial charge in [0.25, 0.3) is 0 Å².